The molecule has 0 N–H and O–H groups in total. The van der Waals surface area contributed by atoms with Crippen molar-refractivity contribution in [3.05, 3.63) is 68.7 Å². The normalized spacial score (nSPS) is 16.0. The molecule has 0 radical (unpaired) electrons. The van der Waals surface area contributed by atoms with Crippen molar-refractivity contribution < 1.29 is 0 Å². The van der Waals surface area contributed by atoms with Gasteiger partial charge >= 0.3 is 0 Å². The van der Waals surface area contributed by atoms with E-state index in [9.17, 15) is 0 Å². The second-order valence-electron chi connectivity index (χ2n) is 5.74. The number of nitrogens with zero attached hydrogens (tertiary/aromatic N) is 3. The number of hydrogen-bond acceptors (Lipinski definition) is 3. The number of piperazine rings is 1. The quantitative estimate of drug-likeness (QED) is 0.707. The highest BCUT2D eigenvalue weighted by atomic mass is 35.5. The number of hydrogen-bond donors (Lipinski definition) is 0. The fourth-order valence-corrected chi connectivity index (χ4v) is 3.25. The van der Waals surface area contributed by atoms with E-state index in [2.05, 4.69) is 27.1 Å². The molecule has 1 aliphatic rings. The molecular weight excluding hydrogens is 365 g/mol. The SMILES string of the molecule is Clc1ccc(CN2CCN(/N=C\c3c(Cl)cccc3Cl)CC2)cc1. The highest BCUT2D eigenvalue weighted by Gasteiger charge is 2.15. The smallest absolute Gasteiger partial charge is 0.0572 e. The predicted molar refractivity (Wildman–Crippen MR) is 102 cm³/mol. The molecule has 0 spiro atoms. The molecule has 0 amide bonds. The van der Waals surface area contributed by atoms with Gasteiger partial charge in [0.05, 0.1) is 16.3 Å². The molecule has 0 unspecified atom stereocenters. The summed E-state index contributed by atoms with van der Waals surface area (Å²) in [6.45, 7) is 4.63. The average Bonchev–Trinajstić information content (AvgIpc) is 2.58. The zero-order valence-electron chi connectivity index (χ0n) is 13.1. The number of benzene rings is 2. The van der Waals surface area contributed by atoms with Crippen LogP contribution in [0.4, 0.5) is 0 Å². The van der Waals surface area contributed by atoms with E-state index < -0.39 is 0 Å². The number of rotatable bonds is 4. The highest BCUT2D eigenvalue weighted by Crippen LogP contribution is 2.22. The lowest BCUT2D eigenvalue weighted by Crippen LogP contribution is -2.43. The van der Waals surface area contributed by atoms with Crippen LogP contribution in [0, 0.1) is 0 Å². The predicted octanol–water partition coefficient (Wildman–Crippen LogP) is 4.80. The summed E-state index contributed by atoms with van der Waals surface area (Å²) in [5.41, 5.74) is 2.05. The van der Waals surface area contributed by atoms with Crippen molar-refractivity contribution in [1.29, 1.82) is 0 Å². The first-order chi connectivity index (χ1) is 11.6. The number of halogens is 3. The molecule has 0 aromatic heterocycles. The van der Waals surface area contributed by atoms with Gasteiger partial charge in [0, 0.05) is 43.3 Å². The van der Waals surface area contributed by atoms with Crippen LogP contribution >= 0.6 is 34.8 Å². The summed E-state index contributed by atoms with van der Waals surface area (Å²) in [7, 11) is 0. The number of hydrazone groups is 1. The largest absolute Gasteiger partial charge is 0.295 e. The zero-order valence-corrected chi connectivity index (χ0v) is 15.4. The first kappa shape index (κ1) is 17.6. The molecule has 0 atom stereocenters. The Labute approximate surface area is 157 Å². The fourth-order valence-electron chi connectivity index (χ4n) is 2.63. The minimum absolute atomic E-state index is 0.618. The topological polar surface area (TPSA) is 18.8 Å². The van der Waals surface area contributed by atoms with E-state index in [-0.39, 0.29) is 0 Å². The highest BCUT2D eigenvalue weighted by molar-refractivity contribution is 6.38. The fraction of sp³-hybridized carbons (Fsp3) is 0.278. The third kappa shape index (κ3) is 4.64. The molecule has 126 valence electrons. The lowest BCUT2D eigenvalue weighted by Gasteiger charge is -2.33. The molecule has 0 aliphatic carbocycles. The van der Waals surface area contributed by atoms with Crippen LogP contribution in [0.1, 0.15) is 11.1 Å². The van der Waals surface area contributed by atoms with E-state index in [4.69, 9.17) is 34.8 Å². The molecule has 6 heteroatoms. The Morgan fingerprint density at radius 1 is 0.875 bits per heavy atom. The van der Waals surface area contributed by atoms with Gasteiger partial charge in [-0.15, -0.1) is 0 Å². The van der Waals surface area contributed by atoms with Crippen LogP contribution in [0.5, 0.6) is 0 Å². The summed E-state index contributed by atoms with van der Waals surface area (Å²) >= 11 is 18.2. The van der Waals surface area contributed by atoms with Gasteiger partial charge in [0.15, 0.2) is 0 Å². The molecule has 0 bridgehead atoms. The minimum atomic E-state index is 0.618. The average molecular weight is 383 g/mol. The Hall–Kier alpha value is -1.26. The zero-order chi connectivity index (χ0) is 16.9. The molecule has 1 fully saturated rings. The van der Waals surface area contributed by atoms with E-state index >= 15 is 0 Å². The maximum absolute atomic E-state index is 6.16. The third-order valence-electron chi connectivity index (χ3n) is 4.02. The van der Waals surface area contributed by atoms with Gasteiger partial charge in [-0.05, 0) is 29.8 Å². The Morgan fingerprint density at radius 2 is 1.50 bits per heavy atom. The molecule has 1 saturated heterocycles. The van der Waals surface area contributed by atoms with Gasteiger partial charge in [0.1, 0.15) is 0 Å². The summed E-state index contributed by atoms with van der Waals surface area (Å²) in [6, 6.07) is 13.5. The Morgan fingerprint density at radius 3 is 2.12 bits per heavy atom. The molecule has 3 nitrogen and oxygen atoms in total. The van der Waals surface area contributed by atoms with Crippen molar-refractivity contribution in [3.63, 3.8) is 0 Å². The van der Waals surface area contributed by atoms with Crippen LogP contribution in [-0.2, 0) is 6.54 Å². The molecular formula is C18H18Cl3N3. The molecule has 2 aromatic carbocycles. The van der Waals surface area contributed by atoms with Gasteiger partial charge < -0.3 is 0 Å². The van der Waals surface area contributed by atoms with Gasteiger partial charge in [-0.1, -0.05) is 53.0 Å². The van der Waals surface area contributed by atoms with Crippen molar-refractivity contribution in [2.24, 2.45) is 5.10 Å². The first-order valence-corrected chi connectivity index (χ1v) is 8.95. The second-order valence-corrected chi connectivity index (χ2v) is 6.99. The lowest BCUT2D eigenvalue weighted by molar-refractivity contribution is 0.131. The van der Waals surface area contributed by atoms with Crippen molar-refractivity contribution in [2.45, 2.75) is 6.54 Å². The van der Waals surface area contributed by atoms with Gasteiger partial charge in [-0.25, -0.2) is 0 Å². The van der Waals surface area contributed by atoms with Crippen molar-refractivity contribution in [2.75, 3.05) is 26.2 Å². The maximum atomic E-state index is 6.16. The van der Waals surface area contributed by atoms with Crippen LogP contribution in [-0.4, -0.2) is 42.3 Å². The molecule has 1 aliphatic heterocycles. The van der Waals surface area contributed by atoms with Crippen molar-refractivity contribution in [1.82, 2.24) is 9.91 Å². The standard InChI is InChI=1S/C18H18Cl3N3/c19-15-6-4-14(5-7-15)13-23-8-10-24(11-9-23)22-12-16-17(20)2-1-3-18(16)21/h1-7,12H,8-11,13H2/b22-12-. The van der Waals surface area contributed by atoms with Crippen molar-refractivity contribution in [3.8, 4) is 0 Å². The van der Waals surface area contributed by atoms with Gasteiger partial charge in [0.25, 0.3) is 0 Å². The van der Waals surface area contributed by atoms with Gasteiger partial charge in [0.2, 0.25) is 0 Å². The minimum Gasteiger partial charge on any atom is -0.295 e. The summed E-state index contributed by atoms with van der Waals surface area (Å²) < 4.78 is 0. The first-order valence-electron chi connectivity index (χ1n) is 7.81. The summed E-state index contributed by atoms with van der Waals surface area (Å²) in [6.07, 6.45) is 1.75. The van der Waals surface area contributed by atoms with Crippen LogP contribution in [0.25, 0.3) is 0 Å². The summed E-state index contributed by atoms with van der Waals surface area (Å²) in [5, 5.41) is 8.59. The maximum Gasteiger partial charge on any atom is 0.0572 e. The van der Waals surface area contributed by atoms with E-state index in [1.807, 2.05) is 30.3 Å². The second kappa shape index (κ2) is 8.21. The van der Waals surface area contributed by atoms with Crippen LogP contribution in [0.15, 0.2) is 47.6 Å². The Kier molecular flexibility index (Phi) is 6.01. The Bertz CT molecular complexity index is 688. The van der Waals surface area contributed by atoms with Crippen LogP contribution in [0.2, 0.25) is 15.1 Å². The summed E-state index contributed by atoms with van der Waals surface area (Å²) in [4.78, 5) is 2.41. The van der Waals surface area contributed by atoms with Crippen LogP contribution < -0.4 is 0 Å². The molecule has 1 heterocycles. The third-order valence-corrected chi connectivity index (χ3v) is 4.93. The van der Waals surface area contributed by atoms with E-state index in [0.717, 1.165) is 43.3 Å². The van der Waals surface area contributed by atoms with E-state index in [1.165, 1.54) is 5.56 Å². The molecule has 24 heavy (non-hydrogen) atoms. The molecule has 2 aromatic rings. The lowest BCUT2D eigenvalue weighted by atomic mass is 10.2. The Balaban J connectivity index is 1.53. The van der Waals surface area contributed by atoms with E-state index in [1.54, 1.807) is 6.21 Å². The molecule has 3 rings (SSSR count). The van der Waals surface area contributed by atoms with Gasteiger partial charge in [-0.2, -0.15) is 5.10 Å². The monoisotopic (exact) mass is 381 g/mol. The summed E-state index contributed by atoms with van der Waals surface area (Å²) in [5.74, 6) is 0. The van der Waals surface area contributed by atoms with Gasteiger partial charge in [-0.3, -0.25) is 9.91 Å². The van der Waals surface area contributed by atoms with Crippen molar-refractivity contribution >= 4 is 41.0 Å². The molecule has 0 saturated carbocycles. The van der Waals surface area contributed by atoms with E-state index in [0.29, 0.717) is 10.0 Å². The van der Waals surface area contributed by atoms with Crippen LogP contribution in [0.3, 0.4) is 0 Å².